The fourth-order valence-corrected chi connectivity index (χ4v) is 1.98. The zero-order valence-electron chi connectivity index (χ0n) is 7.70. The summed E-state index contributed by atoms with van der Waals surface area (Å²) in [4.78, 5) is 0. The van der Waals surface area contributed by atoms with Crippen LogP contribution < -0.4 is 4.74 Å². The average molecular weight is 256 g/mol. The molecule has 3 nitrogen and oxygen atoms in total. The van der Waals surface area contributed by atoms with E-state index in [-0.39, 0.29) is 5.92 Å². The van der Waals surface area contributed by atoms with Gasteiger partial charge in [-0.15, -0.1) is 0 Å². The van der Waals surface area contributed by atoms with Crippen LogP contribution in [0.1, 0.15) is 18.4 Å². The molecule has 0 spiro atoms. The molecule has 1 aliphatic heterocycles. The van der Waals surface area contributed by atoms with Crippen molar-refractivity contribution in [3.8, 4) is 5.75 Å². The molecule has 0 unspecified atom stereocenters. The smallest absolute Gasteiger partial charge is 0.123 e. The van der Waals surface area contributed by atoms with Crippen LogP contribution in [-0.2, 0) is 0 Å². The summed E-state index contributed by atoms with van der Waals surface area (Å²) >= 11 is 3.41. The van der Waals surface area contributed by atoms with Crippen LogP contribution in [0, 0.1) is 0 Å². The molecule has 0 saturated heterocycles. The van der Waals surface area contributed by atoms with Gasteiger partial charge in [-0.25, -0.2) is 0 Å². The van der Waals surface area contributed by atoms with Gasteiger partial charge in [0, 0.05) is 10.0 Å². The highest BCUT2D eigenvalue weighted by Gasteiger charge is 2.26. The van der Waals surface area contributed by atoms with Crippen LogP contribution in [0.4, 0.5) is 0 Å². The molecule has 1 aromatic rings. The Hall–Kier alpha value is -1.03. The van der Waals surface area contributed by atoms with Gasteiger partial charge in [0.15, 0.2) is 0 Å². The van der Waals surface area contributed by atoms with Crippen molar-refractivity contribution in [3.05, 3.63) is 28.2 Å². The van der Waals surface area contributed by atoms with Crippen molar-refractivity contribution in [2.45, 2.75) is 12.8 Å². The number of hydrogen-bond donors (Lipinski definition) is 1. The molecule has 0 aromatic heterocycles. The molecule has 1 aromatic carbocycles. The van der Waals surface area contributed by atoms with Crippen LogP contribution >= 0.6 is 15.9 Å². The van der Waals surface area contributed by atoms with Crippen molar-refractivity contribution in [1.82, 2.24) is 0 Å². The van der Waals surface area contributed by atoms with Gasteiger partial charge >= 0.3 is 0 Å². The number of oxime groups is 1. The van der Waals surface area contributed by atoms with Crippen molar-refractivity contribution >= 4 is 21.6 Å². The lowest BCUT2D eigenvalue weighted by molar-refractivity contribution is 0.310. The van der Waals surface area contributed by atoms with Crippen LogP contribution in [0.3, 0.4) is 0 Å². The topological polar surface area (TPSA) is 41.8 Å². The molecule has 14 heavy (non-hydrogen) atoms. The minimum absolute atomic E-state index is 0.0764. The van der Waals surface area contributed by atoms with Crippen molar-refractivity contribution in [2.75, 3.05) is 6.61 Å². The molecule has 1 N–H and O–H groups in total. The summed E-state index contributed by atoms with van der Waals surface area (Å²) in [5.41, 5.74) is 1.76. The molecule has 4 heteroatoms. The second-order valence-electron chi connectivity index (χ2n) is 3.29. The van der Waals surface area contributed by atoms with E-state index in [0.717, 1.165) is 15.8 Å². The first kappa shape index (κ1) is 9.52. The zero-order valence-corrected chi connectivity index (χ0v) is 9.28. The van der Waals surface area contributed by atoms with Crippen molar-refractivity contribution in [3.63, 3.8) is 0 Å². The Bertz CT molecular complexity index is 390. The minimum atomic E-state index is 0.0764. The third-order valence-corrected chi connectivity index (χ3v) is 2.91. The van der Waals surface area contributed by atoms with Gasteiger partial charge in [-0.1, -0.05) is 21.1 Å². The number of benzene rings is 1. The first-order chi connectivity index (χ1) is 6.72. The summed E-state index contributed by atoms with van der Waals surface area (Å²) in [6.45, 7) is 2.35. The van der Waals surface area contributed by atoms with E-state index in [9.17, 15) is 0 Å². The van der Waals surface area contributed by atoms with E-state index in [1.54, 1.807) is 6.92 Å². The Morgan fingerprint density at radius 3 is 3.14 bits per heavy atom. The predicted octanol–water partition coefficient (Wildman–Crippen LogP) is 2.78. The van der Waals surface area contributed by atoms with E-state index in [4.69, 9.17) is 9.94 Å². The number of halogens is 1. The second kappa shape index (κ2) is 3.61. The van der Waals surface area contributed by atoms with E-state index < -0.39 is 0 Å². The SMILES string of the molecule is CC(=NO)[C@@H]1COc2ccc(Br)cc21. The number of fused-ring (bicyclic) bond motifs is 1. The lowest BCUT2D eigenvalue weighted by Gasteiger charge is -2.05. The van der Waals surface area contributed by atoms with Gasteiger partial charge in [0.2, 0.25) is 0 Å². The Morgan fingerprint density at radius 1 is 1.64 bits per heavy atom. The number of hydrogen-bond acceptors (Lipinski definition) is 3. The normalized spacial score (nSPS) is 20.4. The third kappa shape index (κ3) is 1.50. The van der Waals surface area contributed by atoms with Crippen molar-refractivity contribution in [2.24, 2.45) is 5.16 Å². The van der Waals surface area contributed by atoms with Crippen molar-refractivity contribution < 1.29 is 9.94 Å². The van der Waals surface area contributed by atoms with E-state index in [2.05, 4.69) is 21.1 Å². The lowest BCUT2D eigenvalue weighted by Crippen LogP contribution is -2.10. The predicted molar refractivity (Wildman–Crippen MR) is 57.3 cm³/mol. The summed E-state index contributed by atoms with van der Waals surface area (Å²) in [6.07, 6.45) is 0. The van der Waals surface area contributed by atoms with Crippen LogP contribution in [0.15, 0.2) is 27.8 Å². The van der Waals surface area contributed by atoms with E-state index in [1.807, 2.05) is 18.2 Å². The molecular formula is C10H10BrNO2. The van der Waals surface area contributed by atoms with E-state index in [1.165, 1.54) is 0 Å². The highest BCUT2D eigenvalue weighted by atomic mass is 79.9. The number of ether oxygens (including phenoxy) is 1. The second-order valence-corrected chi connectivity index (χ2v) is 4.20. The van der Waals surface area contributed by atoms with E-state index >= 15 is 0 Å². The fourth-order valence-electron chi connectivity index (χ4n) is 1.60. The summed E-state index contributed by atoms with van der Waals surface area (Å²) in [6, 6.07) is 5.86. The maximum atomic E-state index is 8.71. The summed E-state index contributed by atoms with van der Waals surface area (Å²) in [7, 11) is 0. The van der Waals surface area contributed by atoms with Crippen LogP contribution in [-0.4, -0.2) is 17.5 Å². The van der Waals surface area contributed by atoms with Gasteiger partial charge in [-0.2, -0.15) is 0 Å². The van der Waals surface area contributed by atoms with Crippen LogP contribution in [0.5, 0.6) is 5.75 Å². The molecule has 0 amide bonds. The molecule has 1 aliphatic rings. The summed E-state index contributed by atoms with van der Waals surface area (Å²) < 4.78 is 6.49. The molecule has 0 fully saturated rings. The molecule has 0 saturated carbocycles. The van der Waals surface area contributed by atoms with Crippen LogP contribution in [0.2, 0.25) is 0 Å². The quantitative estimate of drug-likeness (QED) is 0.477. The molecule has 0 bridgehead atoms. The fraction of sp³-hybridized carbons (Fsp3) is 0.300. The highest BCUT2D eigenvalue weighted by molar-refractivity contribution is 9.10. The average Bonchev–Trinajstić information content (AvgIpc) is 2.59. The largest absolute Gasteiger partial charge is 0.492 e. The zero-order chi connectivity index (χ0) is 10.1. The standard InChI is InChI=1S/C10H10BrNO2/c1-6(12-13)9-5-14-10-3-2-7(11)4-8(9)10/h2-4,9,13H,5H2,1H3/t9-/m0/s1. The van der Waals surface area contributed by atoms with Gasteiger partial charge in [-0.05, 0) is 25.1 Å². The summed E-state index contributed by atoms with van der Waals surface area (Å²) in [5, 5.41) is 11.9. The Morgan fingerprint density at radius 2 is 2.43 bits per heavy atom. The Balaban J connectivity index is 2.43. The van der Waals surface area contributed by atoms with Crippen molar-refractivity contribution in [1.29, 1.82) is 0 Å². The van der Waals surface area contributed by atoms with Crippen LogP contribution in [0.25, 0.3) is 0 Å². The maximum absolute atomic E-state index is 8.71. The molecule has 0 radical (unpaired) electrons. The van der Waals surface area contributed by atoms with Gasteiger partial charge in [-0.3, -0.25) is 0 Å². The number of nitrogens with zero attached hydrogens (tertiary/aromatic N) is 1. The highest BCUT2D eigenvalue weighted by Crippen LogP contribution is 2.36. The Kier molecular flexibility index (Phi) is 2.46. The first-order valence-corrected chi connectivity index (χ1v) is 5.12. The Labute approximate surface area is 90.5 Å². The monoisotopic (exact) mass is 255 g/mol. The van der Waals surface area contributed by atoms with Gasteiger partial charge < -0.3 is 9.94 Å². The molecule has 1 atom stereocenters. The molecule has 74 valence electrons. The molecule has 0 aliphatic carbocycles. The lowest BCUT2D eigenvalue weighted by atomic mass is 9.97. The number of rotatable bonds is 1. The van der Waals surface area contributed by atoms with Gasteiger partial charge in [0.1, 0.15) is 12.4 Å². The maximum Gasteiger partial charge on any atom is 0.123 e. The molecule has 1 heterocycles. The summed E-state index contributed by atoms with van der Waals surface area (Å²) in [5.74, 6) is 0.952. The first-order valence-electron chi connectivity index (χ1n) is 4.33. The van der Waals surface area contributed by atoms with Gasteiger partial charge in [0.05, 0.1) is 11.6 Å². The van der Waals surface area contributed by atoms with Gasteiger partial charge in [0.25, 0.3) is 0 Å². The third-order valence-electron chi connectivity index (χ3n) is 2.41. The van der Waals surface area contributed by atoms with E-state index in [0.29, 0.717) is 12.3 Å². The molecular weight excluding hydrogens is 246 g/mol. The molecule has 2 rings (SSSR count). The minimum Gasteiger partial charge on any atom is -0.492 e.